The number of carbonyl (C=O) groups is 1. The largest absolute Gasteiger partial charge is 0.416 e. The van der Waals surface area contributed by atoms with Crippen molar-refractivity contribution in [2.24, 2.45) is 5.84 Å². The molecule has 0 aliphatic heterocycles. The molecule has 7 heteroatoms. The van der Waals surface area contributed by atoms with Crippen molar-refractivity contribution in [3.8, 4) is 0 Å². The average Bonchev–Trinajstić information content (AvgIpc) is 2.38. The molecule has 0 fully saturated rings. The Morgan fingerprint density at radius 1 is 1.37 bits per heavy atom. The number of nitrogens with two attached hydrogens (primary N) is 1. The molecule has 0 aliphatic rings. The summed E-state index contributed by atoms with van der Waals surface area (Å²) < 4.78 is 38.7. The highest BCUT2D eigenvalue weighted by molar-refractivity contribution is 6.17. The van der Waals surface area contributed by atoms with Crippen molar-refractivity contribution in [2.45, 2.75) is 24.9 Å². The van der Waals surface area contributed by atoms with Crippen LogP contribution in [0, 0.1) is 0 Å². The second-order valence-corrected chi connectivity index (χ2v) is 4.36. The summed E-state index contributed by atoms with van der Waals surface area (Å²) >= 11 is 5.53. The molecule has 0 saturated heterocycles. The summed E-state index contributed by atoms with van der Waals surface area (Å²) in [5.41, 5.74) is 1.00. The van der Waals surface area contributed by atoms with Crippen LogP contribution in [0.2, 0.25) is 0 Å². The third-order valence-electron chi connectivity index (χ3n) is 2.73. The number of hydrazine groups is 1. The third-order valence-corrected chi connectivity index (χ3v) is 2.99. The third kappa shape index (κ3) is 4.11. The second kappa shape index (κ2) is 6.77. The SMILES string of the molecule is NNC(=O)C(CCCCl)c1ccccc1C(F)(F)F. The highest BCUT2D eigenvalue weighted by Gasteiger charge is 2.36. The summed E-state index contributed by atoms with van der Waals surface area (Å²) in [6.45, 7) is 0. The van der Waals surface area contributed by atoms with Gasteiger partial charge in [-0.15, -0.1) is 11.6 Å². The Hall–Kier alpha value is -1.27. The minimum Gasteiger partial charge on any atom is -0.294 e. The lowest BCUT2D eigenvalue weighted by atomic mass is 9.89. The molecule has 1 atom stereocenters. The fourth-order valence-corrected chi connectivity index (χ4v) is 2.02. The molecule has 3 N–H and O–H groups in total. The molecule has 0 heterocycles. The van der Waals surface area contributed by atoms with Crippen molar-refractivity contribution in [3.63, 3.8) is 0 Å². The molecular formula is C12H14ClF3N2O. The smallest absolute Gasteiger partial charge is 0.294 e. The normalized spacial score (nSPS) is 13.1. The highest BCUT2D eigenvalue weighted by atomic mass is 35.5. The lowest BCUT2D eigenvalue weighted by Gasteiger charge is -2.20. The number of benzene rings is 1. The van der Waals surface area contributed by atoms with Gasteiger partial charge in [0.1, 0.15) is 0 Å². The van der Waals surface area contributed by atoms with Crippen LogP contribution in [0.25, 0.3) is 0 Å². The molecule has 0 bridgehead atoms. The van der Waals surface area contributed by atoms with Crippen molar-refractivity contribution in [2.75, 3.05) is 5.88 Å². The van der Waals surface area contributed by atoms with E-state index in [2.05, 4.69) is 0 Å². The lowest BCUT2D eigenvalue weighted by Crippen LogP contribution is -2.35. The van der Waals surface area contributed by atoms with Crippen LogP contribution in [0.5, 0.6) is 0 Å². The van der Waals surface area contributed by atoms with E-state index in [1.807, 2.05) is 5.43 Å². The standard InChI is InChI=1S/C12H14ClF3N2O/c13-7-3-5-9(11(19)18-17)8-4-1-2-6-10(8)12(14,15)16/h1-2,4,6,9H,3,5,7,17H2,(H,18,19). The Morgan fingerprint density at radius 3 is 2.53 bits per heavy atom. The van der Waals surface area contributed by atoms with Crippen LogP contribution in [-0.2, 0) is 11.0 Å². The molecule has 1 amide bonds. The zero-order valence-corrected chi connectivity index (χ0v) is 10.8. The number of hydrogen-bond donors (Lipinski definition) is 2. The number of nitrogens with one attached hydrogen (secondary N) is 1. The highest BCUT2D eigenvalue weighted by Crippen LogP contribution is 2.36. The maximum absolute atomic E-state index is 12.9. The van der Waals surface area contributed by atoms with Gasteiger partial charge in [0.15, 0.2) is 0 Å². The van der Waals surface area contributed by atoms with E-state index in [0.717, 1.165) is 6.07 Å². The topological polar surface area (TPSA) is 55.1 Å². The van der Waals surface area contributed by atoms with Crippen molar-refractivity contribution in [1.82, 2.24) is 5.43 Å². The number of amides is 1. The number of carbonyl (C=O) groups excluding carboxylic acids is 1. The fourth-order valence-electron chi connectivity index (χ4n) is 1.87. The van der Waals surface area contributed by atoms with E-state index in [1.165, 1.54) is 18.2 Å². The van der Waals surface area contributed by atoms with Crippen LogP contribution in [0.4, 0.5) is 13.2 Å². The van der Waals surface area contributed by atoms with Crippen molar-refractivity contribution < 1.29 is 18.0 Å². The van der Waals surface area contributed by atoms with E-state index >= 15 is 0 Å². The predicted octanol–water partition coefficient (Wildman–Crippen LogP) is 2.80. The average molecular weight is 295 g/mol. The van der Waals surface area contributed by atoms with Crippen molar-refractivity contribution in [3.05, 3.63) is 35.4 Å². The Balaban J connectivity index is 3.18. The Bertz CT molecular complexity index is 437. The molecule has 0 aromatic heterocycles. The van der Waals surface area contributed by atoms with Gasteiger partial charge < -0.3 is 0 Å². The maximum Gasteiger partial charge on any atom is 0.416 e. The molecule has 106 valence electrons. The molecule has 19 heavy (non-hydrogen) atoms. The van der Waals surface area contributed by atoms with E-state index in [9.17, 15) is 18.0 Å². The summed E-state index contributed by atoms with van der Waals surface area (Å²) in [6.07, 6.45) is -3.88. The van der Waals surface area contributed by atoms with E-state index < -0.39 is 23.6 Å². The zero-order valence-electron chi connectivity index (χ0n) is 10.0. The van der Waals surface area contributed by atoms with Gasteiger partial charge in [-0.3, -0.25) is 10.2 Å². The summed E-state index contributed by atoms with van der Waals surface area (Å²) in [5.74, 6) is 3.69. The molecule has 0 aliphatic carbocycles. The lowest BCUT2D eigenvalue weighted by molar-refractivity contribution is -0.138. The molecule has 0 saturated carbocycles. The molecule has 3 nitrogen and oxygen atoms in total. The molecule has 1 unspecified atom stereocenters. The minimum absolute atomic E-state index is 0.0805. The number of alkyl halides is 4. The van der Waals surface area contributed by atoms with Crippen molar-refractivity contribution >= 4 is 17.5 Å². The van der Waals surface area contributed by atoms with Crippen LogP contribution in [0.15, 0.2) is 24.3 Å². The van der Waals surface area contributed by atoms with Crippen LogP contribution in [0.1, 0.15) is 29.9 Å². The summed E-state index contributed by atoms with van der Waals surface area (Å²) in [6, 6.07) is 4.98. The van der Waals surface area contributed by atoms with Crippen LogP contribution >= 0.6 is 11.6 Å². The summed E-state index contributed by atoms with van der Waals surface area (Å²) in [7, 11) is 0. The molecule has 1 aromatic rings. The maximum atomic E-state index is 12.9. The van der Waals surface area contributed by atoms with E-state index in [1.54, 1.807) is 0 Å². The number of halogens is 4. The Kier molecular flexibility index (Phi) is 5.62. The first kappa shape index (κ1) is 15.8. The van der Waals surface area contributed by atoms with E-state index in [4.69, 9.17) is 17.4 Å². The zero-order chi connectivity index (χ0) is 14.5. The minimum atomic E-state index is -4.51. The molecule has 0 radical (unpaired) electrons. The van der Waals surface area contributed by atoms with Gasteiger partial charge in [-0.25, -0.2) is 5.84 Å². The van der Waals surface area contributed by atoms with Crippen LogP contribution < -0.4 is 11.3 Å². The summed E-state index contributed by atoms with van der Waals surface area (Å²) in [4.78, 5) is 11.7. The van der Waals surface area contributed by atoms with E-state index in [-0.39, 0.29) is 17.9 Å². The quantitative estimate of drug-likeness (QED) is 0.380. The van der Waals surface area contributed by atoms with Gasteiger partial charge in [0, 0.05) is 5.88 Å². The van der Waals surface area contributed by atoms with Gasteiger partial charge >= 0.3 is 6.18 Å². The van der Waals surface area contributed by atoms with Crippen LogP contribution in [-0.4, -0.2) is 11.8 Å². The molecule has 1 rings (SSSR count). The second-order valence-electron chi connectivity index (χ2n) is 3.98. The predicted molar refractivity (Wildman–Crippen MR) is 66.5 cm³/mol. The van der Waals surface area contributed by atoms with Crippen molar-refractivity contribution in [1.29, 1.82) is 0 Å². The fraction of sp³-hybridized carbons (Fsp3) is 0.417. The molecular weight excluding hydrogens is 281 g/mol. The first-order valence-electron chi connectivity index (χ1n) is 5.64. The van der Waals surface area contributed by atoms with Gasteiger partial charge in [0.05, 0.1) is 11.5 Å². The Morgan fingerprint density at radius 2 is 2.00 bits per heavy atom. The monoisotopic (exact) mass is 294 g/mol. The van der Waals surface area contributed by atoms with E-state index in [0.29, 0.717) is 6.42 Å². The molecule has 0 spiro atoms. The van der Waals surface area contributed by atoms with Gasteiger partial charge in [-0.1, -0.05) is 18.2 Å². The van der Waals surface area contributed by atoms with Crippen LogP contribution in [0.3, 0.4) is 0 Å². The first-order valence-corrected chi connectivity index (χ1v) is 6.17. The van der Waals surface area contributed by atoms with Gasteiger partial charge in [0.2, 0.25) is 5.91 Å². The first-order chi connectivity index (χ1) is 8.91. The number of hydrogen-bond acceptors (Lipinski definition) is 2. The van der Waals surface area contributed by atoms with Gasteiger partial charge in [-0.2, -0.15) is 13.2 Å². The van der Waals surface area contributed by atoms with Gasteiger partial charge in [-0.05, 0) is 24.5 Å². The summed E-state index contributed by atoms with van der Waals surface area (Å²) in [5, 5.41) is 0. The van der Waals surface area contributed by atoms with Gasteiger partial charge in [0.25, 0.3) is 0 Å². The molecule has 1 aromatic carbocycles. The number of rotatable bonds is 5. The Labute approximate surface area is 113 Å².